The van der Waals surface area contributed by atoms with Crippen LogP contribution in [-0.2, 0) is 0 Å². The second-order valence-electron chi connectivity index (χ2n) is 3.98. The number of hydrogen-bond acceptors (Lipinski definition) is 2. The molecule has 0 aliphatic carbocycles. The van der Waals surface area contributed by atoms with Crippen molar-refractivity contribution >= 4 is 6.21 Å². The van der Waals surface area contributed by atoms with E-state index in [1.165, 1.54) is 11.3 Å². The van der Waals surface area contributed by atoms with Crippen LogP contribution in [0.15, 0.2) is 16.3 Å². The third-order valence-corrected chi connectivity index (χ3v) is 2.50. The predicted octanol–water partition coefficient (Wildman–Crippen LogP) is 2.23. The monoisotopic (exact) mass is 180 g/mol. The Hall–Kier alpha value is -0.630. The van der Waals surface area contributed by atoms with E-state index in [4.69, 9.17) is 0 Å². The van der Waals surface area contributed by atoms with Crippen molar-refractivity contribution in [2.75, 3.05) is 13.1 Å². The van der Waals surface area contributed by atoms with E-state index in [1.807, 2.05) is 13.1 Å². The molecule has 1 aliphatic rings. The number of hydrogen-bond donors (Lipinski definition) is 1. The minimum atomic E-state index is 0.536. The summed E-state index contributed by atoms with van der Waals surface area (Å²) in [5.74, 6) is 1.19. The lowest BCUT2D eigenvalue weighted by atomic mass is 9.97. The number of allylic oxidation sites excluding steroid dienone is 1. The summed E-state index contributed by atoms with van der Waals surface area (Å²) < 4.78 is 0. The van der Waals surface area contributed by atoms with Gasteiger partial charge in [-0.2, -0.15) is 0 Å². The fraction of sp³-hybridized carbons (Fsp3) is 0.727. The minimum Gasteiger partial charge on any atom is -0.312 e. The average molecular weight is 180 g/mol. The Kier molecular flexibility index (Phi) is 3.67. The largest absolute Gasteiger partial charge is 0.312 e. The Morgan fingerprint density at radius 1 is 1.62 bits per heavy atom. The number of nitrogens with zero attached hydrogens (tertiary/aromatic N) is 1. The predicted molar refractivity (Wildman–Crippen MR) is 58.1 cm³/mol. The third kappa shape index (κ3) is 2.41. The normalized spacial score (nSPS) is 27.6. The molecule has 0 saturated carbocycles. The molecule has 0 radical (unpaired) electrons. The van der Waals surface area contributed by atoms with E-state index in [2.05, 4.69) is 31.1 Å². The molecule has 1 heterocycles. The van der Waals surface area contributed by atoms with Crippen LogP contribution in [0.2, 0.25) is 0 Å². The zero-order chi connectivity index (χ0) is 9.84. The molecule has 2 nitrogen and oxygen atoms in total. The topological polar surface area (TPSA) is 24.4 Å². The van der Waals surface area contributed by atoms with Crippen LogP contribution in [0.3, 0.4) is 0 Å². The van der Waals surface area contributed by atoms with Crippen LogP contribution < -0.4 is 5.32 Å². The lowest BCUT2D eigenvalue weighted by Crippen LogP contribution is -2.06. The van der Waals surface area contributed by atoms with Gasteiger partial charge in [-0.05, 0) is 24.3 Å². The molecule has 1 atom stereocenters. The Morgan fingerprint density at radius 2 is 2.31 bits per heavy atom. The quantitative estimate of drug-likeness (QED) is 0.647. The Morgan fingerprint density at radius 3 is 2.69 bits per heavy atom. The van der Waals surface area contributed by atoms with Gasteiger partial charge in [0.25, 0.3) is 0 Å². The summed E-state index contributed by atoms with van der Waals surface area (Å²) in [7, 11) is 0. The van der Waals surface area contributed by atoms with Crippen LogP contribution in [0.5, 0.6) is 0 Å². The molecule has 1 unspecified atom stereocenters. The highest BCUT2D eigenvalue weighted by Gasteiger charge is 2.20. The molecule has 1 fully saturated rings. The van der Waals surface area contributed by atoms with Crippen molar-refractivity contribution in [3.8, 4) is 0 Å². The van der Waals surface area contributed by atoms with Crippen molar-refractivity contribution in [1.29, 1.82) is 0 Å². The number of rotatable bonds is 2. The Bertz CT molecular complexity index is 226. The fourth-order valence-corrected chi connectivity index (χ4v) is 1.81. The SMILES string of the molecule is CC=N/C(=C1/CNCC1C)C(C)C. The highest BCUT2D eigenvalue weighted by atomic mass is 14.9. The van der Waals surface area contributed by atoms with Crippen molar-refractivity contribution in [3.63, 3.8) is 0 Å². The molecule has 1 rings (SSSR count). The molecular weight excluding hydrogens is 160 g/mol. The molecule has 0 bridgehead atoms. The van der Waals surface area contributed by atoms with Gasteiger partial charge in [-0.25, -0.2) is 0 Å². The summed E-state index contributed by atoms with van der Waals surface area (Å²) in [6, 6.07) is 0. The summed E-state index contributed by atoms with van der Waals surface area (Å²) in [5.41, 5.74) is 2.77. The van der Waals surface area contributed by atoms with E-state index in [0.717, 1.165) is 13.1 Å². The zero-order valence-corrected chi connectivity index (χ0v) is 9.09. The van der Waals surface area contributed by atoms with Gasteiger partial charge in [-0.1, -0.05) is 20.8 Å². The molecule has 2 heteroatoms. The van der Waals surface area contributed by atoms with E-state index < -0.39 is 0 Å². The molecule has 74 valence electrons. The minimum absolute atomic E-state index is 0.536. The molecule has 0 spiro atoms. The maximum absolute atomic E-state index is 4.47. The van der Waals surface area contributed by atoms with Crippen molar-refractivity contribution < 1.29 is 0 Å². The average Bonchev–Trinajstić information content (AvgIpc) is 2.47. The molecule has 0 aromatic heterocycles. The Labute approximate surface area is 81.1 Å². The lowest BCUT2D eigenvalue weighted by molar-refractivity contribution is 0.686. The van der Waals surface area contributed by atoms with Crippen molar-refractivity contribution in [1.82, 2.24) is 5.32 Å². The molecule has 13 heavy (non-hydrogen) atoms. The second-order valence-corrected chi connectivity index (χ2v) is 3.98. The molecule has 0 amide bonds. The molecule has 0 aromatic carbocycles. The number of nitrogens with one attached hydrogen (secondary N) is 1. The standard InChI is InChI=1S/C11H20N2/c1-5-13-11(8(2)3)10-7-12-6-9(10)4/h5,8-9,12H,6-7H2,1-4H3/b11-10-,13-5?. The van der Waals surface area contributed by atoms with Gasteiger partial charge in [-0.15, -0.1) is 0 Å². The van der Waals surface area contributed by atoms with Gasteiger partial charge in [-0.3, -0.25) is 4.99 Å². The smallest absolute Gasteiger partial charge is 0.0432 e. The summed E-state index contributed by atoms with van der Waals surface area (Å²) in [5, 5.41) is 3.38. The second kappa shape index (κ2) is 4.56. The first kappa shape index (κ1) is 10.5. The van der Waals surface area contributed by atoms with Crippen LogP contribution >= 0.6 is 0 Å². The summed E-state index contributed by atoms with van der Waals surface area (Å²) in [4.78, 5) is 4.47. The first-order valence-corrected chi connectivity index (χ1v) is 5.09. The molecule has 1 aliphatic heterocycles. The maximum atomic E-state index is 4.47. The van der Waals surface area contributed by atoms with Crippen LogP contribution in [0.1, 0.15) is 27.7 Å². The number of aliphatic imine (C=N–C) groups is 1. The van der Waals surface area contributed by atoms with Gasteiger partial charge in [0.2, 0.25) is 0 Å². The van der Waals surface area contributed by atoms with Gasteiger partial charge < -0.3 is 5.32 Å². The van der Waals surface area contributed by atoms with Crippen molar-refractivity contribution in [3.05, 3.63) is 11.3 Å². The maximum Gasteiger partial charge on any atom is 0.0432 e. The van der Waals surface area contributed by atoms with Gasteiger partial charge >= 0.3 is 0 Å². The highest BCUT2D eigenvalue weighted by molar-refractivity contribution is 5.55. The fourth-order valence-electron chi connectivity index (χ4n) is 1.81. The van der Waals surface area contributed by atoms with Crippen LogP contribution in [0.4, 0.5) is 0 Å². The van der Waals surface area contributed by atoms with Crippen molar-refractivity contribution in [2.24, 2.45) is 16.8 Å². The first-order valence-electron chi connectivity index (χ1n) is 5.09. The van der Waals surface area contributed by atoms with Gasteiger partial charge in [0, 0.05) is 25.0 Å². The Balaban J connectivity index is 2.94. The van der Waals surface area contributed by atoms with E-state index in [9.17, 15) is 0 Å². The van der Waals surface area contributed by atoms with Crippen LogP contribution in [0.25, 0.3) is 0 Å². The van der Waals surface area contributed by atoms with E-state index in [-0.39, 0.29) is 0 Å². The molecule has 1 N–H and O–H groups in total. The summed E-state index contributed by atoms with van der Waals surface area (Å²) in [6.45, 7) is 10.8. The van der Waals surface area contributed by atoms with E-state index in [0.29, 0.717) is 11.8 Å². The third-order valence-electron chi connectivity index (χ3n) is 2.50. The molecule has 1 saturated heterocycles. The summed E-state index contributed by atoms with van der Waals surface area (Å²) >= 11 is 0. The van der Waals surface area contributed by atoms with E-state index >= 15 is 0 Å². The van der Waals surface area contributed by atoms with Gasteiger partial charge in [0.05, 0.1) is 0 Å². The first-order chi connectivity index (χ1) is 6.16. The summed E-state index contributed by atoms with van der Waals surface area (Å²) in [6.07, 6.45) is 1.90. The zero-order valence-electron chi connectivity index (χ0n) is 9.09. The van der Waals surface area contributed by atoms with Crippen LogP contribution in [0, 0.1) is 11.8 Å². The van der Waals surface area contributed by atoms with Gasteiger partial charge in [0.1, 0.15) is 0 Å². The molecule has 0 aromatic rings. The van der Waals surface area contributed by atoms with Crippen molar-refractivity contribution in [2.45, 2.75) is 27.7 Å². The molecular formula is C11H20N2. The lowest BCUT2D eigenvalue weighted by Gasteiger charge is -2.12. The van der Waals surface area contributed by atoms with Crippen LogP contribution in [-0.4, -0.2) is 19.3 Å². The highest BCUT2D eigenvalue weighted by Crippen LogP contribution is 2.24. The van der Waals surface area contributed by atoms with Gasteiger partial charge in [0.15, 0.2) is 0 Å². The van der Waals surface area contributed by atoms with E-state index in [1.54, 1.807) is 0 Å².